The maximum absolute atomic E-state index is 14.5. The van der Waals surface area contributed by atoms with E-state index in [1.54, 1.807) is 0 Å². The highest BCUT2D eigenvalue weighted by Gasteiger charge is 2.26. The second-order valence-electron chi connectivity index (χ2n) is 8.40. The van der Waals surface area contributed by atoms with Crippen LogP contribution in [0.1, 0.15) is 23.0 Å². The Morgan fingerprint density at radius 2 is 1.50 bits per heavy atom. The van der Waals surface area contributed by atoms with Gasteiger partial charge < -0.3 is 13.9 Å². The maximum Gasteiger partial charge on any atom is 0.257 e. The third-order valence-corrected chi connectivity index (χ3v) is 6.81. The Balaban J connectivity index is 1.30. The summed E-state index contributed by atoms with van der Waals surface area (Å²) in [4.78, 5) is 4.81. The van der Waals surface area contributed by atoms with Gasteiger partial charge in [0.25, 0.3) is 5.22 Å². The van der Waals surface area contributed by atoms with Crippen LogP contribution in [0.4, 0.5) is 4.39 Å². The first-order valence-electron chi connectivity index (χ1n) is 11.6. The van der Waals surface area contributed by atoms with Crippen LogP contribution in [0.15, 0.2) is 113 Å². The molecule has 0 saturated heterocycles. The summed E-state index contributed by atoms with van der Waals surface area (Å²) in [5, 5.41) is 0.511. The number of ether oxygens (including phenoxy) is 2. The molecule has 0 saturated carbocycles. The lowest BCUT2D eigenvalue weighted by molar-refractivity contribution is -0.112. The van der Waals surface area contributed by atoms with E-state index in [9.17, 15) is 4.39 Å². The van der Waals surface area contributed by atoms with Crippen LogP contribution in [0.3, 0.4) is 0 Å². The molecule has 5 aromatic rings. The summed E-state index contributed by atoms with van der Waals surface area (Å²) in [6.45, 7) is 0.277. The number of fused-ring (bicyclic) bond motifs is 1. The summed E-state index contributed by atoms with van der Waals surface area (Å²) in [5.41, 5.74) is 5.05. The van der Waals surface area contributed by atoms with Crippen molar-refractivity contribution in [1.29, 1.82) is 0 Å². The van der Waals surface area contributed by atoms with E-state index >= 15 is 0 Å². The van der Waals surface area contributed by atoms with Gasteiger partial charge in [0.2, 0.25) is 6.29 Å². The minimum absolute atomic E-state index is 0.277. The molecule has 2 heterocycles. The van der Waals surface area contributed by atoms with Gasteiger partial charge in [-0.3, -0.25) is 0 Å². The number of hydrogen-bond acceptors (Lipinski definition) is 5. The summed E-state index contributed by atoms with van der Waals surface area (Å²) in [6.07, 6.45) is -0.538. The Hall–Kier alpha value is -3.87. The molecule has 0 aliphatic carbocycles. The first-order chi connectivity index (χ1) is 17.7. The molecule has 1 unspecified atom stereocenters. The number of aromatic nitrogens is 1. The van der Waals surface area contributed by atoms with Crippen LogP contribution in [-0.2, 0) is 17.1 Å². The summed E-state index contributed by atoms with van der Waals surface area (Å²) in [5.74, 6) is 1.48. The zero-order valence-corrected chi connectivity index (χ0v) is 20.1. The molecule has 1 aliphatic rings. The molecule has 0 spiro atoms. The van der Waals surface area contributed by atoms with E-state index in [0.717, 1.165) is 27.9 Å². The molecule has 4 aromatic carbocycles. The molecule has 4 nitrogen and oxygen atoms in total. The van der Waals surface area contributed by atoms with Crippen LogP contribution < -0.4 is 4.74 Å². The van der Waals surface area contributed by atoms with Gasteiger partial charge in [-0.2, -0.15) is 0 Å². The van der Waals surface area contributed by atoms with E-state index in [0.29, 0.717) is 28.0 Å². The molecule has 0 radical (unpaired) electrons. The van der Waals surface area contributed by atoms with Gasteiger partial charge in [0.15, 0.2) is 5.76 Å². The summed E-state index contributed by atoms with van der Waals surface area (Å²) in [6, 6.07) is 32.6. The molecule has 0 amide bonds. The van der Waals surface area contributed by atoms with Crippen LogP contribution in [0.2, 0.25) is 0 Å². The molecular weight excluding hydrogens is 473 g/mol. The molecule has 0 fully saturated rings. The minimum atomic E-state index is -0.538. The van der Waals surface area contributed by atoms with Crippen LogP contribution in [0.5, 0.6) is 5.75 Å². The normalized spacial score (nSPS) is 14.8. The first-order valence-corrected chi connectivity index (χ1v) is 12.6. The van der Waals surface area contributed by atoms with Crippen molar-refractivity contribution in [2.45, 2.75) is 23.9 Å². The number of benzene rings is 4. The SMILES string of the molecule is Fc1cc2c(c(CSc3nc(-c4ccccc4)c(-c4ccccc4)o3)c1)OC(c1ccccc1)OC2. The predicted octanol–water partition coefficient (Wildman–Crippen LogP) is 8.05. The third kappa shape index (κ3) is 4.65. The lowest BCUT2D eigenvalue weighted by atomic mass is 10.1. The van der Waals surface area contributed by atoms with Gasteiger partial charge in [-0.1, -0.05) is 103 Å². The van der Waals surface area contributed by atoms with Crippen molar-refractivity contribution < 1.29 is 18.3 Å². The number of oxazole rings is 1. The van der Waals surface area contributed by atoms with Crippen LogP contribution >= 0.6 is 11.8 Å². The highest BCUT2D eigenvalue weighted by molar-refractivity contribution is 7.98. The Kier molecular flexibility index (Phi) is 6.28. The van der Waals surface area contributed by atoms with E-state index in [-0.39, 0.29) is 12.4 Å². The van der Waals surface area contributed by atoms with Crippen LogP contribution in [-0.4, -0.2) is 4.98 Å². The number of rotatable bonds is 6. The number of nitrogens with zero attached hydrogens (tertiary/aromatic N) is 1. The van der Waals surface area contributed by atoms with Gasteiger partial charge >= 0.3 is 0 Å². The Bertz CT molecular complexity index is 1420. The molecule has 36 heavy (non-hydrogen) atoms. The van der Waals surface area contributed by atoms with Gasteiger partial charge in [0.1, 0.15) is 17.3 Å². The van der Waals surface area contributed by atoms with E-state index in [2.05, 4.69) is 0 Å². The Labute approximate surface area is 212 Å². The molecule has 0 N–H and O–H groups in total. The first kappa shape index (κ1) is 22.6. The van der Waals surface area contributed by atoms with Crippen molar-refractivity contribution >= 4 is 11.8 Å². The molecule has 6 heteroatoms. The molecule has 0 bridgehead atoms. The van der Waals surface area contributed by atoms with E-state index in [4.69, 9.17) is 18.9 Å². The number of hydrogen-bond donors (Lipinski definition) is 0. The zero-order valence-electron chi connectivity index (χ0n) is 19.3. The van der Waals surface area contributed by atoms with Gasteiger partial charge in [-0.25, -0.2) is 9.37 Å². The number of thioether (sulfide) groups is 1. The fourth-order valence-electron chi connectivity index (χ4n) is 4.24. The van der Waals surface area contributed by atoms with Gasteiger partial charge in [-0.15, -0.1) is 0 Å². The Morgan fingerprint density at radius 1 is 0.833 bits per heavy atom. The highest BCUT2D eigenvalue weighted by atomic mass is 32.2. The molecule has 1 atom stereocenters. The average molecular weight is 496 g/mol. The average Bonchev–Trinajstić information content (AvgIpc) is 3.37. The summed E-state index contributed by atoms with van der Waals surface area (Å²) in [7, 11) is 0. The largest absolute Gasteiger partial charge is 0.460 e. The number of halogens is 1. The maximum atomic E-state index is 14.5. The molecule has 1 aliphatic heterocycles. The van der Waals surface area contributed by atoms with Crippen LogP contribution in [0.25, 0.3) is 22.6 Å². The standard InChI is InChI=1S/C30H22FNO3S/c31-25-16-23-18-33-29(22-14-8-3-9-15-22)34-27(23)24(17-25)19-36-30-32-26(20-10-4-1-5-11-20)28(35-30)21-12-6-2-7-13-21/h1-17,29H,18-19H2. The topological polar surface area (TPSA) is 44.5 Å². The molecule has 1 aromatic heterocycles. The predicted molar refractivity (Wildman–Crippen MR) is 138 cm³/mol. The van der Waals surface area contributed by atoms with E-state index in [1.807, 2.05) is 91.0 Å². The highest BCUT2D eigenvalue weighted by Crippen LogP contribution is 2.40. The van der Waals surface area contributed by atoms with Gasteiger partial charge in [-0.05, 0) is 12.1 Å². The van der Waals surface area contributed by atoms with Crippen molar-refractivity contribution in [3.8, 4) is 28.3 Å². The lowest BCUT2D eigenvalue weighted by Gasteiger charge is -2.28. The second kappa shape index (κ2) is 10.0. The van der Waals surface area contributed by atoms with Gasteiger partial charge in [0.05, 0.1) is 6.61 Å². The summed E-state index contributed by atoms with van der Waals surface area (Å²) < 4.78 is 32.7. The Morgan fingerprint density at radius 3 is 2.22 bits per heavy atom. The zero-order chi connectivity index (χ0) is 24.3. The monoisotopic (exact) mass is 495 g/mol. The quantitative estimate of drug-likeness (QED) is 0.223. The van der Waals surface area contributed by atoms with Crippen LogP contribution in [0, 0.1) is 5.82 Å². The van der Waals surface area contributed by atoms with Crippen molar-refractivity contribution in [1.82, 2.24) is 4.98 Å². The smallest absolute Gasteiger partial charge is 0.257 e. The van der Waals surface area contributed by atoms with Crippen molar-refractivity contribution in [2.24, 2.45) is 0 Å². The van der Waals surface area contributed by atoms with Crippen molar-refractivity contribution in [2.75, 3.05) is 0 Å². The molecule has 6 rings (SSSR count). The van der Waals surface area contributed by atoms with Gasteiger partial charge in [0, 0.05) is 33.6 Å². The second-order valence-corrected chi connectivity index (χ2v) is 9.33. The fourth-order valence-corrected chi connectivity index (χ4v) is 5.03. The van der Waals surface area contributed by atoms with Crippen molar-refractivity contribution in [3.63, 3.8) is 0 Å². The third-order valence-electron chi connectivity index (χ3n) is 5.94. The van der Waals surface area contributed by atoms with E-state index in [1.165, 1.54) is 23.9 Å². The van der Waals surface area contributed by atoms with E-state index < -0.39 is 6.29 Å². The van der Waals surface area contributed by atoms with Crippen molar-refractivity contribution in [3.05, 3.63) is 126 Å². The summed E-state index contributed by atoms with van der Waals surface area (Å²) >= 11 is 1.41. The minimum Gasteiger partial charge on any atom is -0.460 e. The molecule has 178 valence electrons. The lowest BCUT2D eigenvalue weighted by Crippen LogP contribution is -2.19. The molecular formula is C30H22FNO3S. The fraction of sp³-hybridized carbons (Fsp3) is 0.100.